The predicted octanol–water partition coefficient (Wildman–Crippen LogP) is 3.26. The third-order valence-electron chi connectivity index (χ3n) is 5.85. The van der Waals surface area contributed by atoms with Gasteiger partial charge in [0.25, 0.3) is 0 Å². The molecule has 0 saturated carbocycles. The Morgan fingerprint density at radius 2 is 2.03 bits per heavy atom. The molecule has 32 heavy (non-hydrogen) atoms. The van der Waals surface area contributed by atoms with E-state index < -0.39 is 9.84 Å². The van der Waals surface area contributed by atoms with Crippen molar-refractivity contribution in [1.82, 2.24) is 14.8 Å². The number of carbonyl (C=O) groups is 1. The number of hydrogen-bond donors (Lipinski definition) is 0. The van der Waals surface area contributed by atoms with E-state index in [9.17, 15) is 13.2 Å². The average molecular weight is 480 g/mol. The number of likely N-dealkylation sites (N-methyl/N-ethyl adjacent to an activating group) is 1. The van der Waals surface area contributed by atoms with Crippen molar-refractivity contribution < 1.29 is 17.9 Å². The molecule has 3 rings (SSSR count). The van der Waals surface area contributed by atoms with Gasteiger partial charge in [0.05, 0.1) is 4.90 Å². The second-order valence-corrected chi connectivity index (χ2v) is 11.1. The summed E-state index contributed by atoms with van der Waals surface area (Å²) in [5, 5.41) is 1.67. The molecule has 1 fully saturated rings. The van der Waals surface area contributed by atoms with Crippen LogP contribution in [-0.2, 0) is 25.8 Å². The number of unbranched alkanes of at least 4 members (excludes halogenated alkanes) is 1. The van der Waals surface area contributed by atoms with E-state index >= 15 is 0 Å². The molecular weight excluding hydrogens is 446 g/mol. The van der Waals surface area contributed by atoms with Crippen LogP contribution in [0.3, 0.4) is 0 Å². The maximum absolute atomic E-state index is 12.6. The van der Waals surface area contributed by atoms with Crippen LogP contribution in [0.2, 0.25) is 0 Å². The standard InChI is InChI=1S/C23H33N3O4S2/c1-3-25(12-4-5-13-26-14-6-15-30-18-22(26)27)19(2)17-20-7-9-21(10-8-20)32(28,29)23-24-11-16-31-23/h7-11,16,19H,3-6,12-15,17-18H2,1-2H3/t19-/m0/s1. The van der Waals surface area contributed by atoms with Crippen LogP contribution in [0, 0.1) is 0 Å². The Morgan fingerprint density at radius 1 is 1.25 bits per heavy atom. The van der Waals surface area contributed by atoms with Crippen LogP contribution in [0.25, 0.3) is 0 Å². The maximum Gasteiger partial charge on any atom is 0.248 e. The summed E-state index contributed by atoms with van der Waals surface area (Å²) in [6.07, 6.45) is 5.29. The second kappa shape index (κ2) is 11.9. The fourth-order valence-electron chi connectivity index (χ4n) is 4.00. The molecule has 0 radical (unpaired) electrons. The van der Waals surface area contributed by atoms with Gasteiger partial charge in [-0.1, -0.05) is 19.1 Å². The third kappa shape index (κ3) is 6.60. The first-order valence-electron chi connectivity index (χ1n) is 11.2. The summed E-state index contributed by atoms with van der Waals surface area (Å²) in [4.78, 5) is 20.6. The highest BCUT2D eigenvalue weighted by atomic mass is 32.2. The molecule has 1 saturated heterocycles. The van der Waals surface area contributed by atoms with Crippen molar-refractivity contribution in [3.63, 3.8) is 0 Å². The first kappa shape index (κ1) is 24.8. The zero-order chi connectivity index (χ0) is 23.0. The van der Waals surface area contributed by atoms with Gasteiger partial charge in [-0.3, -0.25) is 4.79 Å². The lowest BCUT2D eigenvalue weighted by Crippen LogP contribution is -2.36. The molecule has 1 atom stereocenters. The van der Waals surface area contributed by atoms with Crippen LogP contribution in [0.5, 0.6) is 0 Å². The predicted molar refractivity (Wildman–Crippen MR) is 126 cm³/mol. The summed E-state index contributed by atoms with van der Waals surface area (Å²) < 4.78 is 30.6. The number of benzene rings is 1. The number of hydrogen-bond acceptors (Lipinski definition) is 7. The second-order valence-electron chi connectivity index (χ2n) is 8.12. The number of aromatic nitrogens is 1. The van der Waals surface area contributed by atoms with E-state index in [4.69, 9.17) is 4.74 Å². The molecule has 1 amide bonds. The monoisotopic (exact) mass is 479 g/mol. The van der Waals surface area contributed by atoms with Crippen LogP contribution in [-0.4, -0.2) is 74.5 Å². The average Bonchev–Trinajstić information content (AvgIpc) is 3.26. The summed E-state index contributed by atoms with van der Waals surface area (Å²) in [6.45, 7) is 8.77. The molecule has 0 N–H and O–H groups in total. The van der Waals surface area contributed by atoms with Gasteiger partial charge in [0.15, 0.2) is 0 Å². The molecule has 9 heteroatoms. The van der Waals surface area contributed by atoms with Crippen molar-refractivity contribution >= 4 is 27.1 Å². The Morgan fingerprint density at radius 3 is 2.72 bits per heavy atom. The molecule has 0 aliphatic carbocycles. The van der Waals surface area contributed by atoms with Crippen molar-refractivity contribution in [3.8, 4) is 0 Å². The van der Waals surface area contributed by atoms with Gasteiger partial charge in [-0.15, -0.1) is 11.3 Å². The highest BCUT2D eigenvalue weighted by molar-refractivity contribution is 7.93. The minimum absolute atomic E-state index is 0.100. The molecule has 176 valence electrons. The van der Waals surface area contributed by atoms with E-state index in [0.717, 1.165) is 68.8 Å². The van der Waals surface area contributed by atoms with Crippen LogP contribution in [0.1, 0.15) is 38.7 Å². The topological polar surface area (TPSA) is 79.8 Å². The van der Waals surface area contributed by atoms with Crippen molar-refractivity contribution in [2.45, 2.75) is 54.8 Å². The molecule has 0 spiro atoms. The molecule has 1 aromatic carbocycles. The summed E-state index contributed by atoms with van der Waals surface area (Å²) in [5.41, 5.74) is 1.12. The van der Waals surface area contributed by atoms with Crippen LogP contribution in [0.4, 0.5) is 0 Å². The van der Waals surface area contributed by atoms with E-state index in [0.29, 0.717) is 12.6 Å². The number of sulfone groups is 1. The van der Waals surface area contributed by atoms with E-state index in [1.807, 2.05) is 17.0 Å². The third-order valence-corrected chi connectivity index (χ3v) is 8.82. The summed E-state index contributed by atoms with van der Waals surface area (Å²) >= 11 is 1.13. The van der Waals surface area contributed by atoms with Crippen LogP contribution >= 0.6 is 11.3 Å². The van der Waals surface area contributed by atoms with Crippen LogP contribution in [0.15, 0.2) is 45.1 Å². The largest absolute Gasteiger partial charge is 0.372 e. The first-order valence-corrected chi connectivity index (χ1v) is 13.6. The Bertz CT molecular complexity index is 946. The Kier molecular flexibility index (Phi) is 9.22. The van der Waals surface area contributed by atoms with Gasteiger partial charge < -0.3 is 14.5 Å². The maximum atomic E-state index is 12.6. The molecule has 1 aliphatic rings. The lowest BCUT2D eigenvalue weighted by molar-refractivity contribution is -0.133. The lowest BCUT2D eigenvalue weighted by Gasteiger charge is -2.28. The van der Waals surface area contributed by atoms with Gasteiger partial charge >= 0.3 is 0 Å². The summed E-state index contributed by atoms with van der Waals surface area (Å²) in [6, 6.07) is 7.50. The quantitative estimate of drug-likeness (QED) is 0.460. The van der Waals surface area contributed by atoms with Crippen molar-refractivity contribution in [2.24, 2.45) is 0 Å². The Labute approximate surface area is 195 Å². The van der Waals surface area contributed by atoms with Gasteiger partial charge in [0.2, 0.25) is 20.1 Å². The molecule has 2 aromatic rings. The molecule has 1 aromatic heterocycles. The Hall–Kier alpha value is -1.81. The zero-order valence-electron chi connectivity index (χ0n) is 18.9. The SMILES string of the molecule is CCN(CCCCN1CCCOCC1=O)[C@@H](C)Cc1ccc(S(=O)(=O)c2nccs2)cc1. The number of carbonyl (C=O) groups excluding carboxylic acids is 1. The van der Waals surface area contributed by atoms with Gasteiger partial charge in [-0.2, -0.15) is 0 Å². The minimum Gasteiger partial charge on any atom is -0.372 e. The van der Waals surface area contributed by atoms with Gasteiger partial charge in [-0.25, -0.2) is 13.4 Å². The Balaban J connectivity index is 1.48. The highest BCUT2D eigenvalue weighted by Gasteiger charge is 2.21. The van der Waals surface area contributed by atoms with Crippen molar-refractivity contribution in [3.05, 3.63) is 41.4 Å². The highest BCUT2D eigenvalue weighted by Crippen LogP contribution is 2.23. The molecular formula is C23H33N3O4S2. The molecule has 7 nitrogen and oxygen atoms in total. The molecule has 0 unspecified atom stereocenters. The minimum atomic E-state index is -3.53. The molecule has 0 bridgehead atoms. The molecule has 1 aliphatic heterocycles. The van der Waals surface area contributed by atoms with E-state index in [1.54, 1.807) is 17.5 Å². The zero-order valence-corrected chi connectivity index (χ0v) is 20.5. The number of ether oxygens (including phenoxy) is 1. The molecule has 2 heterocycles. The van der Waals surface area contributed by atoms with Crippen molar-refractivity contribution in [2.75, 3.05) is 39.4 Å². The number of amides is 1. The smallest absolute Gasteiger partial charge is 0.248 e. The van der Waals surface area contributed by atoms with Gasteiger partial charge in [0, 0.05) is 37.3 Å². The van der Waals surface area contributed by atoms with E-state index in [-0.39, 0.29) is 21.7 Å². The first-order chi connectivity index (χ1) is 15.4. The fraction of sp³-hybridized carbons (Fsp3) is 0.565. The number of nitrogens with zero attached hydrogens (tertiary/aromatic N) is 3. The summed E-state index contributed by atoms with van der Waals surface area (Å²) in [5.74, 6) is 0.100. The lowest BCUT2D eigenvalue weighted by atomic mass is 10.1. The van der Waals surface area contributed by atoms with Crippen LogP contribution < -0.4 is 0 Å². The fourth-order valence-corrected chi connectivity index (χ4v) is 6.21. The van der Waals surface area contributed by atoms with E-state index in [2.05, 4.69) is 23.7 Å². The summed E-state index contributed by atoms with van der Waals surface area (Å²) in [7, 11) is -3.53. The van der Waals surface area contributed by atoms with E-state index in [1.165, 1.54) is 6.20 Å². The normalized spacial score (nSPS) is 16.3. The van der Waals surface area contributed by atoms with Gasteiger partial charge in [-0.05, 0) is 63.4 Å². The van der Waals surface area contributed by atoms with Crippen molar-refractivity contribution in [1.29, 1.82) is 0 Å². The number of thiazole rings is 1. The van der Waals surface area contributed by atoms with Gasteiger partial charge in [0.1, 0.15) is 6.61 Å². The number of rotatable bonds is 11.